The third-order valence-corrected chi connectivity index (χ3v) is 6.70. The maximum atomic E-state index is 12.8. The van der Waals surface area contributed by atoms with E-state index in [1.54, 1.807) is 6.07 Å². The molecule has 3 N–H and O–H groups in total. The van der Waals surface area contributed by atoms with Crippen LogP contribution in [0.2, 0.25) is 5.02 Å². The Labute approximate surface area is 201 Å². The second kappa shape index (κ2) is 10.9. The molecule has 0 spiro atoms. The lowest BCUT2D eigenvalue weighted by atomic mass is 9.93. The van der Waals surface area contributed by atoms with E-state index >= 15 is 0 Å². The zero-order chi connectivity index (χ0) is 24.1. The molecule has 184 valence electrons. The lowest BCUT2D eigenvalue weighted by molar-refractivity contribution is -0.163. The number of piperidine rings is 1. The molecule has 0 bridgehead atoms. The van der Waals surface area contributed by atoms with Gasteiger partial charge < -0.3 is 20.7 Å². The first kappa shape index (κ1) is 24.8. The van der Waals surface area contributed by atoms with Crippen molar-refractivity contribution in [3.63, 3.8) is 0 Å². The summed E-state index contributed by atoms with van der Waals surface area (Å²) in [5, 5.41) is 9.06. The lowest BCUT2D eigenvalue weighted by Gasteiger charge is -2.30. The van der Waals surface area contributed by atoms with Crippen LogP contribution in [0.1, 0.15) is 25.7 Å². The number of hydrogen-bond acceptors (Lipinski definition) is 5. The van der Waals surface area contributed by atoms with E-state index < -0.39 is 18.1 Å². The average molecular weight is 497 g/mol. The predicted molar refractivity (Wildman–Crippen MR) is 126 cm³/mol. The zero-order valence-corrected chi connectivity index (χ0v) is 19.4. The molecule has 2 fully saturated rings. The van der Waals surface area contributed by atoms with E-state index in [9.17, 15) is 18.0 Å². The summed E-state index contributed by atoms with van der Waals surface area (Å²) in [6.45, 7) is 2.43. The number of nitrogens with one attached hydrogen (secondary N) is 3. The molecule has 2 aliphatic rings. The van der Waals surface area contributed by atoms with Crippen LogP contribution in [0.15, 0.2) is 36.5 Å². The molecule has 6 nitrogen and oxygen atoms in total. The highest BCUT2D eigenvalue weighted by atomic mass is 35.5. The van der Waals surface area contributed by atoms with Crippen molar-refractivity contribution < 1.29 is 22.7 Å². The van der Waals surface area contributed by atoms with E-state index in [0.717, 1.165) is 43.9 Å². The van der Waals surface area contributed by atoms with Gasteiger partial charge in [-0.25, -0.2) is 4.98 Å². The number of alkyl halides is 3. The highest BCUT2D eigenvalue weighted by molar-refractivity contribution is 6.33. The maximum Gasteiger partial charge on any atom is 0.403 e. The minimum absolute atomic E-state index is 0.0305. The highest BCUT2D eigenvalue weighted by Crippen LogP contribution is 2.32. The zero-order valence-electron chi connectivity index (χ0n) is 18.6. The van der Waals surface area contributed by atoms with Gasteiger partial charge in [-0.2, -0.15) is 13.2 Å². The number of carbonyl (C=O) groups is 1. The number of carbonyl (C=O) groups excluding carboxylic acids is 1. The number of hydrogen-bond donors (Lipinski definition) is 3. The first-order valence-electron chi connectivity index (χ1n) is 11.5. The Morgan fingerprint density at radius 1 is 1.18 bits per heavy atom. The van der Waals surface area contributed by atoms with Crippen LogP contribution in [-0.4, -0.2) is 49.4 Å². The Hall–Kier alpha value is -2.36. The minimum Gasteiger partial charge on any atom is -0.385 e. The van der Waals surface area contributed by atoms with E-state index in [1.165, 1.54) is 6.20 Å². The predicted octanol–water partition coefficient (Wildman–Crippen LogP) is 5.11. The molecule has 1 aromatic carbocycles. The van der Waals surface area contributed by atoms with Gasteiger partial charge in [0.2, 0.25) is 5.91 Å². The SMILES string of the molecule is O=C(Nc1cc(-c2cccc(NCC3CCOCC3)c2)c(Cl)cn1)[C@@H]1CC[C@H](C(F)(F)F)NC1. The lowest BCUT2D eigenvalue weighted by Crippen LogP contribution is -2.50. The van der Waals surface area contributed by atoms with Gasteiger partial charge in [0.1, 0.15) is 11.9 Å². The van der Waals surface area contributed by atoms with Crippen molar-refractivity contribution in [1.82, 2.24) is 10.3 Å². The molecule has 3 heterocycles. The van der Waals surface area contributed by atoms with E-state index in [-0.39, 0.29) is 25.3 Å². The fourth-order valence-corrected chi connectivity index (χ4v) is 4.54. The first-order valence-corrected chi connectivity index (χ1v) is 11.9. The number of aromatic nitrogens is 1. The van der Waals surface area contributed by atoms with Gasteiger partial charge in [-0.05, 0) is 55.4 Å². The molecule has 2 atom stereocenters. The number of halogens is 4. The minimum atomic E-state index is -4.30. The molecule has 0 radical (unpaired) electrons. The van der Waals surface area contributed by atoms with Crippen LogP contribution in [-0.2, 0) is 9.53 Å². The summed E-state index contributed by atoms with van der Waals surface area (Å²) in [7, 11) is 0. The van der Waals surface area contributed by atoms with Crippen LogP contribution in [0, 0.1) is 11.8 Å². The molecule has 0 unspecified atom stereocenters. The molecule has 2 aliphatic heterocycles. The normalized spacial score (nSPS) is 21.8. The Bertz CT molecular complexity index is 990. The summed E-state index contributed by atoms with van der Waals surface area (Å²) in [5.41, 5.74) is 2.54. The number of pyridine rings is 1. The van der Waals surface area contributed by atoms with Gasteiger partial charge in [-0.15, -0.1) is 0 Å². The van der Waals surface area contributed by atoms with Crippen molar-refractivity contribution in [2.75, 3.05) is 36.9 Å². The first-order chi connectivity index (χ1) is 16.3. The third-order valence-electron chi connectivity index (χ3n) is 6.40. The summed E-state index contributed by atoms with van der Waals surface area (Å²) in [5.74, 6) is -0.0367. The molecule has 1 amide bonds. The van der Waals surface area contributed by atoms with Crippen molar-refractivity contribution in [2.45, 2.75) is 37.9 Å². The van der Waals surface area contributed by atoms with Crippen molar-refractivity contribution in [3.05, 3.63) is 41.6 Å². The standard InChI is InChI=1S/C24H28ClF3N4O2/c25-20-14-31-22(32-23(33)17-4-5-21(30-13-17)24(26,27)28)11-19(20)16-2-1-3-18(10-16)29-12-15-6-8-34-9-7-15/h1-3,10-11,14-15,17,21,29-30H,4-9,12-13H2,(H,31,32,33)/t17-,21-/m1/s1. The third kappa shape index (κ3) is 6.40. The maximum absolute atomic E-state index is 12.8. The number of nitrogens with zero attached hydrogens (tertiary/aromatic N) is 1. The van der Waals surface area contributed by atoms with E-state index in [1.807, 2.05) is 24.3 Å². The Balaban J connectivity index is 1.39. The molecule has 10 heteroatoms. The number of anilines is 2. The van der Waals surface area contributed by atoms with Gasteiger partial charge in [0.25, 0.3) is 0 Å². The number of ether oxygens (including phenoxy) is 1. The molecule has 2 saturated heterocycles. The van der Waals surface area contributed by atoms with Crippen LogP contribution < -0.4 is 16.0 Å². The largest absolute Gasteiger partial charge is 0.403 e. The number of rotatable bonds is 6. The fraction of sp³-hybridized carbons (Fsp3) is 0.500. The molecule has 0 aliphatic carbocycles. The van der Waals surface area contributed by atoms with Crippen molar-refractivity contribution in [2.24, 2.45) is 11.8 Å². The second-order valence-electron chi connectivity index (χ2n) is 8.83. The van der Waals surface area contributed by atoms with Gasteiger partial charge in [-0.1, -0.05) is 23.7 Å². The molecule has 0 saturated carbocycles. The number of benzene rings is 1. The summed E-state index contributed by atoms with van der Waals surface area (Å²) < 4.78 is 43.9. The van der Waals surface area contributed by atoms with E-state index in [2.05, 4.69) is 20.9 Å². The van der Waals surface area contributed by atoms with Crippen LogP contribution >= 0.6 is 11.6 Å². The van der Waals surface area contributed by atoms with Gasteiger partial charge in [0, 0.05) is 43.8 Å². The molecule has 34 heavy (non-hydrogen) atoms. The Kier molecular flexibility index (Phi) is 7.95. The monoisotopic (exact) mass is 496 g/mol. The van der Waals surface area contributed by atoms with Crippen LogP contribution in [0.25, 0.3) is 11.1 Å². The Morgan fingerprint density at radius 2 is 1.97 bits per heavy atom. The smallest absolute Gasteiger partial charge is 0.385 e. The average Bonchev–Trinajstić information content (AvgIpc) is 2.84. The molecular formula is C24H28ClF3N4O2. The van der Waals surface area contributed by atoms with Crippen molar-refractivity contribution in [1.29, 1.82) is 0 Å². The van der Waals surface area contributed by atoms with Crippen LogP contribution in [0.5, 0.6) is 0 Å². The summed E-state index contributed by atoms with van der Waals surface area (Å²) in [6, 6.07) is 7.96. The second-order valence-corrected chi connectivity index (χ2v) is 9.24. The van der Waals surface area contributed by atoms with Crippen molar-refractivity contribution >= 4 is 29.0 Å². The van der Waals surface area contributed by atoms with Gasteiger partial charge in [0.15, 0.2) is 0 Å². The van der Waals surface area contributed by atoms with Crippen LogP contribution in [0.4, 0.5) is 24.7 Å². The highest BCUT2D eigenvalue weighted by Gasteiger charge is 2.42. The van der Waals surface area contributed by atoms with E-state index in [0.29, 0.717) is 22.3 Å². The van der Waals surface area contributed by atoms with Gasteiger partial charge in [0.05, 0.1) is 10.9 Å². The van der Waals surface area contributed by atoms with Gasteiger partial charge in [-0.3, -0.25) is 4.79 Å². The fourth-order valence-electron chi connectivity index (χ4n) is 4.33. The molecule has 2 aromatic rings. The summed E-state index contributed by atoms with van der Waals surface area (Å²) in [6.07, 6.45) is -0.729. The Morgan fingerprint density at radius 3 is 2.68 bits per heavy atom. The summed E-state index contributed by atoms with van der Waals surface area (Å²) >= 11 is 6.40. The quantitative estimate of drug-likeness (QED) is 0.518. The van der Waals surface area contributed by atoms with E-state index in [4.69, 9.17) is 16.3 Å². The van der Waals surface area contributed by atoms with Crippen molar-refractivity contribution in [3.8, 4) is 11.1 Å². The molecule has 1 aromatic heterocycles. The number of amides is 1. The topological polar surface area (TPSA) is 75.3 Å². The summed E-state index contributed by atoms with van der Waals surface area (Å²) in [4.78, 5) is 16.8. The molecular weight excluding hydrogens is 469 g/mol. The van der Waals surface area contributed by atoms with Gasteiger partial charge >= 0.3 is 6.18 Å². The van der Waals surface area contributed by atoms with Crippen LogP contribution in [0.3, 0.4) is 0 Å². The molecule has 4 rings (SSSR count).